The topological polar surface area (TPSA) is 15.3 Å². The molecule has 0 aromatic carbocycles. The van der Waals surface area contributed by atoms with Crippen LogP contribution < -0.4 is 5.32 Å². The zero-order chi connectivity index (χ0) is 13.6. The third-order valence-electron chi connectivity index (χ3n) is 5.19. The molecule has 1 N–H and O–H groups in total. The molecule has 0 unspecified atom stereocenters. The summed E-state index contributed by atoms with van der Waals surface area (Å²) in [6.45, 7) is 11.9. The summed E-state index contributed by atoms with van der Waals surface area (Å²) in [5.74, 6) is 0. The van der Waals surface area contributed by atoms with Gasteiger partial charge in [-0.05, 0) is 32.1 Å². The van der Waals surface area contributed by atoms with Gasteiger partial charge in [0.15, 0.2) is 0 Å². The molecule has 0 aliphatic carbocycles. The molecule has 0 bridgehead atoms. The first-order chi connectivity index (χ1) is 8.62. The zero-order valence-corrected chi connectivity index (χ0v) is 12.7. The Balaban J connectivity index is 2.84. The van der Waals surface area contributed by atoms with E-state index in [4.69, 9.17) is 0 Å². The van der Waals surface area contributed by atoms with E-state index in [0.29, 0.717) is 6.42 Å². The molecule has 108 valence electrons. The zero-order valence-electron chi connectivity index (χ0n) is 12.7. The predicted molar refractivity (Wildman–Crippen MR) is 76.8 cm³/mol. The van der Waals surface area contributed by atoms with E-state index >= 15 is 0 Å². The highest BCUT2D eigenvalue weighted by atomic mass is 19.1. The van der Waals surface area contributed by atoms with Crippen molar-refractivity contribution in [3.8, 4) is 0 Å². The molecule has 1 rings (SSSR count). The summed E-state index contributed by atoms with van der Waals surface area (Å²) in [5.41, 5.74) is 0.479. The van der Waals surface area contributed by atoms with E-state index in [-0.39, 0.29) is 17.8 Å². The van der Waals surface area contributed by atoms with E-state index in [2.05, 4.69) is 37.9 Å². The number of nitrogens with zero attached hydrogens (tertiary/aromatic N) is 1. The van der Waals surface area contributed by atoms with Crippen molar-refractivity contribution in [2.45, 2.75) is 70.9 Å². The molecule has 1 aliphatic rings. The molecule has 2 nitrogen and oxygen atoms in total. The lowest BCUT2D eigenvalue weighted by Crippen LogP contribution is -2.69. The quantitative estimate of drug-likeness (QED) is 0.753. The lowest BCUT2D eigenvalue weighted by molar-refractivity contribution is -0.00637. The van der Waals surface area contributed by atoms with Gasteiger partial charge in [-0.2, -0.15) is 0 Å². The SMILES string of the molecule is CCC1(CC)CN(CCCF)C(CC)(CC)CN1. The predicted octanol–water partition coefficient (Wildman–Crippen LogP) is 3.37. The van der Waals surface area contributed by atoms with Crippen molar-refractivity contribution in [1.29, 1.82) is 0 Å². The summed E-state index contributed by atoms with van der Waals surface area (Å²) in [7, 11) is 0. The van der Waals surface area contributed by atoms with Crippen molar-refractivity contribution < 1.29 is 4.39 Å². The number of rotatable bonds is 7. The van der Waals surface area contributed by atoms with Gasteiger partial charge in [0.25, 0.3) is 0 Å². The summed E-state index contributed by atoms with van der Waals surface area (Å²) >= 11 is 0. The number of piperazine rings is 1. The second-order valence-electron chi connectivity index (χ2n) is 5.74. The monoisotopic (exact) mass is 258 g/mol. The van der Waals surface area contributed by atoms with Gasteiger partial charge < -0.3 is 5.32 Å². The Morgan fingerprint density at radius 2 is 1.67 bits per heavy atom. The summed E-state index contributed by atoms with van der Waals surface area (Å²) in [5, 5.41) is 3.80. The van der Waals surface area contributed by atoms with Gasteiger partial charge in [0.2, 0.25) is 0 Å². The fourth-order valence-electron chi connectivity index (χ4n) is 3.29. The van der Waals surface area contributed by atoms with Crippen LogP contribution in [0.25, 0.3) is 0 Å². The normalized spacial score (nSPS) is 23.2. The fraction of sp³-hybridized carbons (Fsp3) is 1.00. The number of nitrogens with one attached hydrogen (secondary N) is 1. The van der Waals surface area contributed by atoms with Crippen LogP contribution in [0.4, 0.5) is 4.39 Å². The summed E-state index contributed by atoms with van der Waals surface area (Å²) in [4.78, 5) is 2.57. The van der Waals surface area contributed by atoms with Gasteiger partial charge in [0.05, 0.1) is 6.67 Å². The molecule has 0 aromatic heterocycles. The Kier molecular flexibility index (Phi) is 6.06. The van der Waals surface area contributed by atoms with Crippen LogP contribution in [-0.2, 0) is 0 Å². The maximum atomic E-state index is 12.5. The number of hydrogen-bond donors (Lipinski definition) is 1. The van der Waals surface area contributed by atoms with Gasteiger partial charge in [0, 0.05) is 30.7 Å². The second-order valence-corrected chi connectivity index (χ2v) is 5.74. The lowest BCUT2D eigenvalue weighted by Gasteiger charge is -2.54. The largest absolute Gasteiger partial charge is 0.308 e. The summed E-state index contributed by atoms with van der Waals surface area (Å²) in [6, 6.07) is 0. The maximum absolute atomic E-state index is 12.5. The van der Waals surface area contributed by atoms with Crippen LogP contribution in [0, 0.1) is 0 Å². The molecule has 1 fully saturated rings. The highest BCUT2D eigenvalue weighted by molar-refractivity contribution is 5.03. The van der Waals surface area contributed by atoms with E-state index in [1.165, 1.54) is 0 Å². The minimum atomic E-state index is -0.196. The first-order valence-corrected chi connectivity index (χ1v) is 7.68. The molecule has 0 atom stereocenters. The molecule has 0 saturated carbocycles. The van der Waals surface area contributed by atoms with Crippen LogP contribution in [-0.4, -0.2) is 42.3 Å². The molecular weight excluding hydrogens is 227 g/mol. The van der Waals surface area contributed by atoms with Gasteiger partial charge in [-0.25, -0.2) is 0 Å². The van der Waals surface area contributed by atoms with Crippen LogP contribution >= 0.6 is 0 Å². The van der Waals surface area contributed by atoms with Crippen LogP contribution in [0.3, 0.4) is 0 Å². The Morgan fingerprint density at radius 3 is 2.11 bits per heavy atom. The average Bonchev–Trinajstić information content (AvgIpc) is 2.44. The number of halogens is 1. The second kappa shape index (κ2) is 6.85. The smallest absolute Gasteiger partial charge is 0.0906 e. The van der Waals surface area contributed by atoms with Gasteiger partial charge in [-0.3, -0.25) is 9.29 Å². The average molecular weight is 258 g/mol. The van der Waals surface area contributed by atoms with E-state index in [9.17, 15) is 4.39 Å². The third-order valence-corrected chi connectivity index (χ3v) is 5.19. The number of hydrogen-bond acceptors (Lipinski definition) is 2. The Hall–Kier alpha value is -0.150. The fourth-order valence-corrected chi connectivity index (χ4v) is 3.29. The molecule has 3 heteroatoms. The van der Waals surface area contributed by atoms with Crippen molar-refractivity contribution in [2.24, 2.45) is 0 Å². The van der Waals surface area contributed by atoms with E-state index in [1.54, 1.807) is 0 Å². The van der Waals surface area contributed by atoms with Crippen LogP contribution in [0.1, 0.15) is 59.8 Å². The minimum absolute atomic E-state index is 0.196. The third kappa shape index (κ3) is 3.05. The van der Waals surface area contributed by atoms with E-state index in [0.717, 1.165) is 45.3 Å². The molecule has 0 amide bonds. The maximum Gasteiger partial charge on any atom is 0.0906 e. The Morgan fingerprint density at radius 1 is 1.06 bits per heavy atom. The van der Waals surface area contributed by atoms with Crippen LogP contribution in [0.15, 0.2) is 0 Å². The summed E-state index contributed by atoms with van der Waals surface area (Å²) in [6.07, 6.45) is 5.27. The van der Waals surface area contributed by atoms with Crippen molar-refractivity contribution >= 4 is 0 Å². The van der Waals surface area contributed by atoms with Crippen LogP contribution in [0.5, 0.6) is 0 Å². The first-order valence-electron chi connectivity index (χ1n) is 7.68. The van der Waals surface area contributed by atoms with E-state index < -0.39 is 0 Å². The molecule has 0 radical (unpaired) electrons. The molecule has 0 spiro atoms. The van der Waals surface area contributed by atoms with Gasteiger partial charge in [0.1, 0.15) is 0 Å². The molecular formula is C15H31FN2. The highest BCUT2D eigenvalue weighted by Crippen LogP contribution is 2.32. The van der Waals surface area contributed by atoms with Gasteiger partial charge in [-0.1, -0.05) is 27.7 Å². The van der Waals surface area contributed by atoms with Crippen molar-refractivity contribution in [2.75, 3.05) is 26.3 Å². The van der Waals surface area contributed by atoms with Gasteiger partial charge in [-0.15, -0.1) is 0 Å². The van der Waals surface area contributed by atoms with E-state index in [1.807, 2.05) is 0 Å². The first kappa shape index (κ1) is 15.9. The standard InChI is InChI=1S/C15H31FN2/c1-5-14(6-2)13-18(11-9-10-16)15(7-3,8-4)12-17-14/h17H,5-13H2,1-4H3. The summed E-state index contributed by atoms with van der Waals surface area (Å²) < 4.78 is 12.5. The molecule has 1 aliphatic heterocycles. The molecule has 0 aromatic rings. The van der Waals surface area contributed by atoms with Crippen molar-refractivity contribution in [3.05, 3.63) is 0 Å². The van der Waals surface area contributed by atoms with Gasteiger partial charge >= 0.3 is 0 Å². The van der Waals surface area contributed by atoms with Crippen molar-refractivity contribution in [3.63, 3.8) is 0 Å². The molecule has 1 heterocycles. The Labute approximate surface area is 112 Å². The minimum Gasteiger partial charge on any atom is -0.308 e. The number of alkyl halides is 1. The molecule has 18 heavy (non-hydrogen) atoms. The highest BCUT2D eigenvalue weighted by Gasteiger charge is 2.43. The molecule has 1 saturated heterocycles. The Bertz CT molecular complexity index is 235. The van der Waals surface area contributed by atoms with Crippen molar-refractivity contribution in [1.82, 2.24) is 10.2 Å². The van der Waals surface area contributed by atoms with Crippen LogP contribution in [0.2, 0.25) is 0 Å². The lowest BCUT2D eigenvalue weighted by atomic mass is 9.80.